The van der Waals surface area contributed by atoms with E-state index >= 15 is 0 Å². The van der Waals surface area contributed by atoms with Crippen molar-refractivity contribution >= 4 is 12.1 Å². The number of benzene rings is 1. The molecule has 0 spiro atoms. The van der Waals surface area contributed by atoms with Crippen LogP contribution in [0.15, 0.2) is 18.2 Å². The van der Waals surface area contributed by atoms with Crippen molar-refractivity contribution in [1.29, 1.82) is 5.26 Å². The molecule has 1 amide bonds. The minimum Gasteiger partial charge on any atom is -0.325 e. The molecule has 0 saturated carbocycles. The predicted octanol–water partition coefficient (Wildman–Crippen LogP) is 1.27. The van der Waals surface area contributed by atoms with Crippen LogP contribution in [0.3, 0.4) is 0 Å². The summed E-state index contributed by atoms with van der Waals surface area (Å²) in [5.41, 5.74) is 0.0390. The second kappa shape index (κ2) is 3.49. The molecule has 0 aliphatic heterocycles. The van der Waals surface area contributed by atoms with Gasteiger partial charge in [-0.15, -0.1) is 0 Å². The second-order valence-corrected chi connectivity index (χ2v) is 2.04. The van der Waals surface area contributed by atoms with E-state index in [1.807, 2.05) is 0 Å². The zero-order chi connectivity index (χ0) is 8.97. The molecule has 0 radical (unpaired) electrons. The number of carbonyl (C=O) groups excluding carboxylic acids is 1. The quantitative estimate of drug-likeness (QED) is 0.669. The Morgan fingerprint density at radius 2 is 2.33 bits per heavy atom. The molecule has 0 unspecified atom stereocenters. The Morgan fingerprint density at radius 1 is 1.58 bits per heavy atom. The lowest BCUT2D eigenvalue weighted by Crippen LogP contribution is -1.99. The zero-order valence-electron chi connectivity index (χ0n) is 6.04. The highest BCUT2D eigenvalue weighted by Gasteiger charge is 2.05. The molecule has 1 aromatic rings. The number of hydrogen-bond donors (Lipinski definition) is 1. The Labute approximate surface area is 68.4 Å². The Kier molecular flexibility index (Phi) is 2.38. The van der Waals surface area contributed by atoms with Crippen LogP contribution in [-0.4, -0.2) is 6.41 Å². The highest BCUT2D eigenvalue weighted by Crippen LogP contribution is 2.17. The van der Waals surface area contributed by atoms with Gasteiger partial charge in [-0.05, 0) is 12.1 Å². The summed E-state index contributed by atoms with van der Waals surface area (Å²) < 4.78 is 12.9. The molecule has 0 atom stereocenters. The van der Waals surface area contributed by atoms with Crippen molar-refractivity contribution in [3.05, 3.63) is 29.6 Å². The van der Waals surface area contributed by atoms with E-state index in [0.29, 0.717) is 6.41 Å². The SMILES string of the molecule is N#Cc1cccc(F)c1NC=O. The van der Waals surface area contributed by atoms with Crippen molar-refractivity contribution in [2.45, 2.75) is 0 Å². The van der Waals surface area contributed by atoms with Gasteiger partial charge in [0.1, 0.15) is 11.9 Å². The highest BCUT2D eigenvalue weighted by molar-refractivity contribution is 5.75. The van der Waals surface area contributed by atoms with Crippen LogP contribution in [0.4, 0.5) is 10.1 Å². The van der Waals surface area contributed by atoms with Gasteiger partial charge >= 0.3 is 0 Å². The summed E-state index contributed by atoms with van der Waals surface area (Å²) in [6.45, 7) is 0. The standard InChI is InChI=1S/C8H5FN2O/c9-7-3-1-2-6(4-10)8(7)11-5-12/h1-3,5H,(H,11,12). The average molecular weight is 164 g/mol. The van der Waals surface area contributed by atoms with Crippen LogP contribution in [-0.2, 0) is 4.79 Å². The maximum absolute atomic E-state index is 12.9. The van der Waals surface area contributed by atoms with Crippen molar-refractivity contribution < 1.29 is 9.18 Å². The summed E-state index contributed by atoms with van der Waals surface area (Å²) in [5, 5.41) is 10.6. The third-order valence-electron chi connectivity index (χ3n) is 1.34. The molecule has 60 valence electrons. The fourth-order valence-corrected chi connectivity index (χ4v) is 0.823. The predicted molar refractivity (Wildman–Crippen MR) is 40.8 cm³/mol. The number of amides is 1. The highest BCUT2D eigenvalue weighted by atomic mass is 19.1. The number of halogens is 1. The maximum Gasteiger partial charge on any atom is 0.211 e. The fourth-order valence-electron chi connectivity index (χ4n) is 0.823. The van der Waals surface area contributed by atoms with Crippen molar-refractivity contribution in [2.75, 3.05) is 5.32 Å². The van der Waals surface area contributed by atoms with Gasteiger partial charge in [0.15, 0.2) is 0 Å². The minimum absolute atomic E-state index is 0.0741. The molecule has 1 N–H and O–H groups in total. The Hall–Kier alpha value is -1.89. The normalized spacial score (nSPS) is 8.67. The molecule has 0 fully saturated rings. The van der Waals surface area contributed by atoms with Gasteiger partial charge in [0.2, 0.25) is 6.41 Å². The number of nitrogens with one attached hydrogen (secondary N) is 1. The van der Waals surface area contributed by atoms with Gasteiger partial charge < -0.3 is 5.32 Å². The number of nitriles is 1. The van der Waals surface area contributed by atoms with Gasteiger partial charge in [0, 0.05) is 0 Å². The average Bonchev–Trinajstić information content (AvgIpc) is 2.09. The van der Waals surface area contributed by atoms with Crippen molar-refractivity contribution in [3.8, 4) is 6.07 Å². The topological polar surface area (TPSA) is 52.9 Å². The third-order valence-corrected chi connectivity index (χ3v) is 1.34. The van der Waals surface area contributed by atoms with E-state index in [4.69, 9.17) is 5.26 Å². The van der Waals surface area contributed by atoms with E-state index in [-0.39, 0.29) is 11.3 Å². The first-order valence-corrected chi connectivity index (χ1v) is 3.18. The monoisotopic (exact) mass is 164 g/mol. The summed E-state index contributed by atoms with van der Waals surface area (Å²) in [6.07, 6.45) is 0.333. The summed E-state index contributed by atoms with van der Waals surface area (Å²) in [7, 11) is 0. The van der Waals surface area contributed by atoms with E-state index in [0.717, 1.165) is 0 Å². The van der Waals surface area contributed by atoms with Gasteiger partial charge in [-0.2, -0.15) is 5.26 Å². The summed E-state index contributed by atoms with van der Waals surface area (Å²) in [6, 6.07) is 5.77. The maximum atomic E-state index is 12.9. The molecule has 0 aliphatic carbocycles. The van der Waals surface area contributed by atoms with Crippen LogP contribution in [0, 0.1) is 17.1 Å². The lowest BCUT2D eigenvalue weighted by Gasteiger charge is -2.01. The van der Waals surface area contributed by atoms with E-state index in [9.17, 15) is 9.18 Å². The Morgan fingerprint density at radius 3 is 2.92 bits per heavy atom. The first-order valence-electron chi connectivity index (χ1n) is 3.18. The van der Waals surface area contributed by atoms with Gasteiger partial charge in [-0.1, -0.05) is 6.07 Å². The largest absolute Gasteiger partial charge is 0.325 e. The first kappa shape index (κ1) is 8.21. The fraction of sp³-hybridized carbons (Fsp3) is 0. The van der Waals surface area contributed by atoms with E-state index in [2.05, 4.69) is 5.32 Å². The molecule has 0 heterocycles. The Balaban J connectivity index is 3.21. The first-order chi connectivity index (χ1) is 5.79. The zero-order valence-corrected chi connectivity index (χ0v) is 6.04. The number of hydrogen-bond acceptors (Lipinski definition) is 2. The van der Waals surface area contributed by atoms with Gasteiger partial charge in [-0.25, -0.2) is 4.39 Å². The molecular formula is C8H5FN2O. The van der Waals surface area contributed by atoms with E-state index in [1.165, 1.54) is 18.2 Å². The molecule has 0 aromatic heterocycles. The van der Waals surface area contributed by atoms with Gasteiger partial charge in [0.25, 0.3) is 0 Å². The van der Waals surface area contributed by atoms with Gasteiger partial charge in [0.05, 0.1) is 11.3 Å². The van der Waals surface area contributed by atoms with Crippen LogP contribution in [0.5, 0.6) is 0 Å². The van der Waals surface area contributed by atoms with Crippen molar-refractivity contribution in [2.24, 2.45) is 0 Å². The molecule has 1 rings (SSSR count). The summed E-state index contributed by atoms with van der Waals surface area (Å²) >= 11 is 0. The van der Waals surface area contributed by atoms with Crippen molar-refractivity contribution in [3.63, 3.8) is 0 Å². The number of para-hydroxylation sites is 1. The number of rotatable bonds is 2. The lowest BCUT2D eigenvalue weighted by molar-refractivity contribution is -0.105. The molecule has 4 heteroatoms. The van der Waals surface area contributed by atoms with Crippen LogP contribution < -0.4 is 5.32 Å². The molecular weight excluding hydrogens is 159 g/mol. The molecule has 3 nitrogen and oxygen atoms in total. The van der Waals surface area contributed by atoms with Crippen LogP contribution >= 0.6 is 0 Å². The second-order valence-electron chi connectivity index (χ2n) is 2.04. The molecule has 0 saturated heterocycles. The van der Waals surface area contributed by atoms with E-state index < -0.39 is 5.82 Å². The number of carbonyl (C=O) groups is 1. The number of nitrogens with zero attached hydrogens (tertiary/aromatic N) is 1. The number of anilines is 1. The van der Waals surface area contributed by atoms with Crippen LogP contribution in [0.1, 0.15) is 5.56 Å². The molecule has 12 heavy (non-hydrogen) atoms. The van der Waals surface area contributed by atoms with Crippen LogP contribution in [0.2, 0.25) is 0 Å². The van der Waals surface area contributed by atoms with Crippen molar-refractivity contribution in [1.82, 2.24) is 0 Å². The lowest BCUT2D eigenvalue weighted by atomic mass is 10.2. The summed E-state index contributed by atoms with van der Waals surface area (Å²) in [5.74, 6) is -0.610. The summed E-state index contributed by atoms with van der Waals surface area (Å²) in [4.78, 5) is 10.0. The molecule has 0 aliphatic rings. The minimum atomic E-state index is -0.610. The molecule has 0 bridgehead atoms. The molecule has 1 aromatic carbocycles. The Bertz CT molecular complexity index is 343. The van der Waals surface area contributed by atoms with Crippen LogP contribution in [0.25, 0.3) is 0 Å². The van der Waals surface area contributed by atoms with Gasteiger partial charge in [-0.3, -0.25) is 4.79 Å². The third kappa shape index (κ3) is 1.40. The smallest absolute Gasteiger partial charge is 0.211 e. The van der Waals surface area contributed by atoms with E-state index in [1.54, 1.807) is 6.07 Å².